The van der Waals surface area contributed by atoms with E-state index in [-0.39, 0.29) is 22.3 Å². The van der Waals surface area contributed by atoms with E-state index in [2.05, 4.69) is 9.97 Å². The molecule has 12 nitrogen and oxygen atoms in total. The molecule has 0 bridgehead atoms. The molecule has 0 aliphatic heterocycles. The Labute approximate surface area is 208 Å². The number of nitrogens with one attached hydrogen (secondary N) is 2. The Kier molecular flexibility index (Phi) is 4.02. The number of aromatic nitrogens is 4. The third-order valence-corrected chi connectivity index (χ3v) is 6.94. The molecule has 12 heteroatoms. The first-order valence-corrected chi connectivity index (χ1v) is 11.3. The van der Waals surface area contributed by atoms with E-state index in [1.165, 1.54) is 14.2 Å². The summed E-state index contributed by atoms with van der Waals surface area (Å²) in [6.07, 6.45) is 0. The van der Waals surface area contributed by atoms with Crippen LogP contribution in [0.3, 0.4) is 0 Å². The molecule has 7 aromatic rings. The van der Waals surface area contributed by atoms with Crippen molar-refractivity contribution in [1.29, 1.82) is 10.8 Å². The van der Waals surface area contributed by atoms with Crippen molar-refractivity contribution in [1.82, 2.24) is 18.8 Å². The molecule has 184 valence electrons. The van der Waals surface area contributed by atoms with E-state index in [1.807, 2.05) is 0 Å². The van der Waals surface area contributed by atoms with Crippen molar-refractivity contribution in [2.45, 2.75) is 0 Å². The average molecular weight is 506 g/mol. The van der Waals surface area contributed by atoms with E-state index >= 15 is 0 Å². The molecule has 0 fully saturated rings. The first kappa shape index (κ1) is 21.7. The fourth-order valence-corrected chi connectivity index (χ4v) is 5.12. The predicted molar refractivity (Wildman–Crippen MR) is 137 cm³/mol. The fourth-order valence-electron chi connectivity index (χ4n) is 5.12. The molecule has 0 atom stereocenters. The summed E-state index contributed by atoms with van der Waals surface area (Å²) in [5.41, 5.74) is -5.16. The van der Waals surface area contributed by atoms with Gasteiger partial charge < -0.3 is 9.47 Å². The van der Waals surface area contributed by atoms with Crippen molar-refractivity contribution >= 4 is 54.6 Å². The van der Waals surface area contributed by atoms with Crippen molar-refractivity contribution in [3.63, 3.8) is 0 Å². The molecule has 4 heterocycles. The van der Waals surface area contributed by atoms with Gasteiger partial charge in [0.15, 0.2) is 0 Å². The van der Waals surface area contributed by atoms with Crippen LogP contribution in [0.25, 0.3) is 54.6 Å². The quantitative estimate of drug-likeness (QED) is 0.316. The molecule has 0 aliphatic carbocycles. The maximum atomic E-state index is 13.6. The highest BCUT2D eigenvalue weighted by atomic mass is 16.5. The van der Waals surface area contributed by atoms with Crippen molar-refractivity contribution in [3.05, 3.63) is 88.5 Å². The van der Waals surface area contributed by atoms with Gasteiger partial charge in [-0.15, -0.1) is 0 Å². The Hall–Kier alpha value is -5.52. The highest BCUT2D eigenvalue weighted by Crippen LogP contribution is 2.24. The highest BCUT2D eigenvalue weighted by molar-refractivity contribution is 6.02. The number of ether oxygens (including phenoxy) is 2. The number of methoxy groups -OCH3 is 2. The van der Waals surface area contributed by atoms with Gasteiger partial charge in [-0.05, 0) is 36.4 Å². The SMILES string of the molecule is COc1ccc2c(=N)n3c(=O)c4c(=O)c5nc6c7cc(OC)ccc7c(=N)n6c(=O)c5c(=O)c4nc3c2c1. The topological polar surface area (TPSA) is 169 Å². The molecular weight excluding hydrogens is 492 g/mol. The summed E-state index contributed by atoms with van der Waals surface area (Å²) in [4.78, 5) is 63.1. The summed E-state index contributed by atoms with van der Waals surface area (Å²) < 4.78 is 12.4. The molecule has 0 radical (unpaired) electrons. The molecule has 0 saturated heterocycles. The lowest BCUT2D eigenvalue weighted by atomic mass is 10.1. The molecule has 4 aromatic heterocycles. The molecule has 2 N–H and O–H groups in total. The molecule has 38 heavy (non-hydrogen) atoms. The zero-order valence-corrected chi connectivity index (χ0v) is 19.7. The van der Waals surface area contributed by atoms with Gasteiger partial charge in [-0.3, -0.25) is 30.0 Å². The Bertz CT molecular complexity index is 2380. The second-order valence-corrected chi connectivity index (χ2v) is 8.78. The van der Waals surface area contributed by atoms with Crippen molar-refractivity contribution in [2.24, 2.45) is 0 Å². The van der Waals surface area contributed by atoms with Gasteiger partial charge in [-0.1, -0.05) is 0 Å². The summed E-state index contributed by atoms with van der Waals surface area (Å²) in [5, 5.41) is 17.4. The number of nitrogens with zero attached hydrogens (tertiary/aromatic N) is 4. The molecule has 0 unspecified atom stereocenters. The molecule has 0 saturated carbocycles. The van der Waals surface area contributed by atoms with E-state index in [9.17, 15) is 19.2 Å². The minimum absolute atomic E-state index is 0.0151. The van der Waals surface area contributed by atoms with E-state index in [1.54, 1.807) is 36.4 Å². The van der Waals surface area contributed by atoms with Crippen LogP contribution in [0.2, 0.25) is 0 Å². The number of hydrogen-bond acceptors (Lipinski definition) is 10. The minimum Gasteiger partial charge on any atom is -0.497 e. The number of rotatable bonds is 2. The number of hydrogen-bond donors (Lipinski definition) is 2. The van der Waals surface area contributed by atoms with Crippen LogP contribution in [0.5, 0.6) is 11.5 Å². The Morgan fingerprint density at radius 2 is 1.03 bits per heavy atom. The Morgan fingerprint density at radius 1 is 0.632 bits per heavy atom. The van der Waals surface area contributed by atoms with E-state index in [0.29, 0.717) is 33.0 Å². The molecular formula is C26H14N6O6. The van der Waals surface area contributed by atoms with Gasteiger partial charge >= 0.3 is 0 Å². The summed E-state index contributed by atoms with van der Waals surface area (Å²) in [7, 11) is 2.92. The van der Waals surface area contributed by atoms with Crippen LogP contribution in [0, 0.1) is 10.8 Å². The Morgan fingerprint density at radius 3 is 1.39 bits per heavy atom. The van der Waals surface area contributed by atoms with Crippen LogP contribution in [-0.4, -0.2) is 33.0 Å². The average Bonchev–Trinajstić information content (AvgIpc) is 3.37. The standard InChI is InChI=1S/C26H14N6O6/c1-37-9-3-5-11-13(7-9)23-29-17-15(25(35)31(23)21(11)27)20(34)18-16(19(17)33)26(36)32-22(28)12-6-4-10(38-2)8-14(12)24(32)30-18/h3-8,27-28H,1-2H3. The van der Waals surface area contributed by atoms with Crippen molar-refractivity contribution in [3.8, 4) is 11.5 Å². The lowest BCUT2D eigenvalue weighted by molar-refractivity contribution is 0.415. The molecule has 0 amide bonds. The highest BCUT2D eigenvalue weighted by Gasteiger charge is 2.24. The van der Waals surface area contributed by atoms with Crippen LogP contribution in [0.4, 0.5) is 0 Å². The lowest BCUT2D eigenvalue weighted by Gasteiger charge is -2.03. The zero-order valence-electron chi connectivity index (χ0n) is 19.7. The number of benzene rings is 3. The van der Waals surface area contributed by atoms with Gasteiger partial charge in [0.1, 0.15) is 55.6 Å². The Balaban J connectivity index is 1.76. The van der Waals surface area contributed by atoms with Gasteiger partial charge in [-0.25, -0.2) is 18.8 Å². The zero-order chi connectivity index (χ0) is 26.6. The smallest absolute Gasteiger partial charge is 0.271 e. The summed E-state index contributed by atoms with van der Waals surface area (Å²) in [6.45, 7) is 0. The second kappa shape index (κ2) is 7.03. The summed E-state index contributed by atoms with van der Waals surface area (Å²) in [5.74, 6) is 0.884. The normalized spacial score (nSPS) is 12.1. The van der Waals surface area contributed by atoms with Crippen LogP contribution in [-0.2, 0) is 0 Å². The van der Waals surface area contributed by atoms with Crippen LogP contribution in [0.1, 0.15) is 0 Å². The minimum atomic E-state index is -0.952. The maximum absolute atomic E-state index is 13.6. The third kappa shape index (κ3) is 2.43. The van der Waals surface area contributed by atoms with Gasteiger partial charge in [-0.2, -0.15) is 0 Å². The third-order valence-electron chi connectivity index (χ3n) is 6.94. The molecule has 0 aliphatic rings. The van der Waals surface area contributed by atoms with Crippen molar-refractivity contribution in [2.75, 3.05) is 14.2 Å². The summed E-state index contributed by atoms with van der Waals surface area (Å²) >= 11 is 0. The first-order chi connectivity index (χ1) is 18.3. The largest absolute Gasteiger partial charge is 0.497 e. The van der Waals surface area contributed by atoms with Crippen molar-refractivity contribution < 1.29 is 9.47 Å². The second-order valence-electron chi connectivity index (χ2n) is 8.78. The van der Waals surface area contributed by atoms with Crippen LogP contribution < -0.4 is 42.4 Å². The van der Waals surface area contributed by atoms with Crippen LogP contribution in [0.15, 0.2) is 55.6 Å². The fraction of sp³-hybridized carbons (Fsp3) is 0.0769. The summed E-state index contributed by atoms with van der Waals surface area (Å²) in [6, 6.07) is 9.53. The van der Waals surface area contributed by atoms with E-state index in [4.69, 9.17) is 20.3 Å². The van der Waals surface area contributed by atoms with Gasteiger partial charge in [0.25, 0.3) is 11.1 Å². The predicted octanol–water partition coefficient (Wildman–Crippen LogP) is 0.325. The van der Waals surface area contributed by atoms with Crippen LogP contribution >= 0.6 is 0 Å². The molecule has 0 spiro atoms. The van der Waals surface area contributed by atoms with E-state index < -0.39 is 43.8 Å². The van der Waals surface area contributed by atoms with E-state index in [0.717, 1.165) is 8.80 Å². The molecule has 7 rings (SSSR count). The van der Waals surface area contributed by atoms with Gasteiger partial charge in [0.2, 0.25) is 10.9 Å². The first-order valence-electron chi connectivity index (χ1n) is 11.3. The monoisotopic (exact) mass is 506 g/mol. The van der Waals surface area contributed by atoms with Gasteiger partial charge in [0.05, 0.1) is 14.2 Å². The number of fused-ring (bicyclic) bond motifs is 8. The maximum Gasteiger partial charge on any atom is 0.271 e. The molecule has 3 aromatic carbocycles. The lowest BCUT2D eigenvalue weighted by Crippen LogP contribution is -2.34. The van der Waals surface area contributed by atoms with Gasteiger partial charge in [0, 0.05) is 21.5 Å².